The molecule has 3 radical (unpaired) electrons. The van der Waals surface area contributed by atoms with E-state index < -0.39 is 0 Å². The molecule has 1 heterocycles. The summed E-state index contributed by atoms with van der Waals surface area (Å²) in [5.41, 5.74) is 0.0948. The Bertz CT molecular complexity index is 267. The van der Waals surface area contributed by atoms with Gasteiger partial charge in [-0.1, -0.05) is 38.9 Å². The van der Waals surface area contributed by atoms with E-state index in [0.29, 0.717) is 11.8 Å². The monoisotopic (exact) mass is 336 g/mol. The van der Waals surface area contributed by atoms with Gasteiger partial charge in [-0.3, -0.25) is 0 Å². The Morgan fingerprint density at radius 2 is 2.05 bits per heavy atom. The van der Waals surface area contributed by atoms with Crippen LogP contribution < -0.4 is 0 Å². The van der Waals surface area contributed by atoms with Crippen LogP contribution in [0.25, 0.3) is 0 Å². The molecule has 0 N–H and O–H groups in total. The smallest absolute Gasteiger partial charge is 0.0749 e. The van der Waals surface area contributed by atoms with Crippen molar-refractivity contribution >= 4 is 7.85 Å². The molecule has 3 heteroatoms. The molecule has 1 aliphatic heterocycles. The minimum atomic E-state index is -0.144. The summed E-state index contributed by atoms with van der Waals surface area (Å²) in [7, 11) is 8.96. The summed E-state index contributed by atoms with van der Waals surface area (Å²) in [4.78, 5) is 2.44. The number of hydrogen-bond acceptors (Lipinski definition) is 1. The summed E-state index contributed by atoms with van der Waals surface area (Å²) in [5.74, 6) is 1.12. The van der Waals surface area contributed by atoms with Crippen molar-refractivity contribution in [3.63, 3.8) is 0 Å². The Labute approximate surface area is 148 Å². The first kappa shape index (κ1) is 20.1. The third-order valence-electron chi connectivity index (χ3n) is 4.78. The Balaban J connectivity index is 0.00000324. The second-order valence-corrected chi connectivity index (χ2v) is 7.09. The normalized spacial score (nSPS) is 38.9. The van der Waals surface area contributed by atoms with Crippen LogP contribution in [0.3, 0.4) is 0 Å². The van der Waals surface area contributed by atoms with Gasteiger partial charge in [0.2, 0.25) is 0 Å². The van der Waals surface area contributed by atoms with Crippen LogP contribution in [0.1, 0.15) is 46.5 Å². The number of hydrogen-bond donors (Lipinski definition) is 0. The second kappa shape index (κ2) is 7.95. The Kier molecular flexibility index (Phi) is 8.42. The van der Waals surface area contributed by atoms with Gasteiger partial charge in [0.15, 0.2) is 0 Å². The van der Waals surface area contributed by atoms with Gasteiger partial charge < -0.3 is 18.7 Å². The van der Waals surface area contributed by atoms with Gasteiger partial charge in [0.05, 0.1) is 7.85 Å². The minimum absolute atomic E-state index is 0. The fraction of sp³-hybridized carbons (Fsp3) is 0.875. The van der Waals surface area contributed by atoms with Gasteiger partial charge in [-0.05, 0) is 31.3 Å². The molecule has 107 valence electrons. The second-order valence-electron chi connectivity index (χ2n) is 7.09. The first-order valence-corrected chi connectivity index (χ1v) is 7.32. The van der Waals surface area contributed by atoms with Gasteiger partial charge >= 0.3 is 0 Å². The first-order chi connectivity index (χ1) is 8.22. The molecule has 0 spiro atoms. The molecule has 0 saturated carbocycles. The summed E-state index contributed by atoms with van der Waals surface area (Å²) >= 11 is 0. The number of likely N-dealkylation sites (tertiary alicyclic amines) is 1. The van der Waals surface area contributed by atoms with E-state index in [1.807, 2.05) is 0 Å². The van der Waals surface area contributed by atoms with E-state index in [1.54, 1.807) is 0 Å². The van der Waals surface area contributed by atoms with Gasteiger partial charge in [0, 0.05) is 39.3 Å². The van der Waals surface area contributed by atoms with Crippen molar-refractivity contribution in [2.75, 3.05) is 20.1 Å². The molecular weight excluding hydrogens is 306 g/mol. The molecule has 1 fully saturated rings. The third kappa shape index (κ3) is 5.11. The van der Waals surface area contributed by atoms with Crippen molar-refractivity contribution in [2.24, 2.45) is 17.3 Å². The van der Waals surface area contributed by atoms with E-state index >= 15 is 0 Å². The van der Waals surface area contributed by atoms with E-state index in [1.165, 1.54) is 13.0 Å². The summed E-state index contributed by atoms with van der Waals surface area (Å²) in [6.07, 6.45) is 4.32. The van der Waals surface area contributed by atoms with Gasteiger partial charge in [0.25, 0.3) is 0 Å². The van der Waals surface area contributed by atoms with Crippen LogP contribution in [0.15, 0.2) is 0 Å². The maximum Gasteiger partial charge on any atom is 0.0749 e. The Hall–Kier alpha value is 1.13. The maximum atomic E-state index is 6.74. The molecule has 0 aromatic carbocycles. The minimum Gasteiger partial charge on any atom is -0.343 e. The van der Waals surface area contributed by atoms with Crippen LogP contribution in [0, 0.1) is 31.1 Å². The third-order valence-corrected chi connectivity index (χ3v) is 4.78. The summed E-state index contributed by atoms with van der Waals surface area (Å²) in [6, 6.07) is 0. The summed E-state index contributed by atoms with van der Waals surface area (Å²) in [5, 5.41) is -0.144. The molecule has 0 bridgehead atoms. The average molecular weight is 336 g/mol. The van der Waals surface area contributed by atoms with Crippen molar-refractivity contribution in [2.45, 2.75) is 51.8 Å². The molecule has 1 rings (SSSR count). The van der Waals surface area contributed by atoms with Crippen LogP contribution in [0.4, 0.5) is 0 Å². The molecule has 19 heavy (non-hydrogen) atoms. The summed E-state index contributed by atoms with van der Waals surface area (Å²) in [6.45, 7) is 17.4. The molecule has 4 unspecified atom stereocenters. The van der Waals surface area contributed by atoms with Crippen molar-refractivity contribution in [1.82, 2.24) is 4.90 Å². The van der Waals surface area contributed by atoms with Crippen LogP contribution in [0.2, 0.25) is 5.31 Å². The first-order valence-electron chi connectivity index (χ1n) is 7.32. The van der Waals surface area contributed by atoms with Gasteiger partial charge in [-0.2, -0.15) is 12.3 Å². The van der Waals surface area contributed by atoms with E-state index in [4.69, 9.17) is 7.85 Å². The fourth-order valence-electron chi connectivity index (χ4n) is 3.69. The van der Waals surface area contributed by atoms with E-state index in [9.17, 15) is 0 Å². The topological polar surface area (TPSA) is 3.24 Å². The van der Waals surface area contributed by atoms with E-state index in [0.717, 1.165) is 25.8 Å². The van der Waals surface area contributed by atoms with Crippen molar-refractivity contribution in [1.29, 1.82) is 0 Å². The Morgan fingerprint density at radius 1 is 1.47 bits per heavy atom. The molecule has 1 saturated heterocycles. The SMILES string of the molecule is [B]C1(C)CC(C)CCN(C)CC1(C[CH2-])CC([CH2-])C.[Y]. The average Bonchev–Trinajstić information content (AvgIpc) is 2.22. The van der Waals surface area contributed by atoms with Crippen molar-refractivity contribution in [3.05, 3.63) is 13.8 Å². The van der Waals surface area contributed by atoms with Crippen molar-refractivity contribution < 1.29 is 32.7 Å². The Morgan fingerprint density at radius 3 is 2.53 bits per heavy atom. The van der Waals surface area contributed by atoms with Gasteiger partial charge in [-0.15, -0.1) is 0 Å². The molecule has 0 aromatic rings. The van der Waals surface area contributed by atoms with Crippen LogP contribution in [-0.2, 0) is 32.7 Å². The van der Waals surface area contributed by atoms with E-state index in [2.05, 4.69) is 46.6 Å². The van der Waals surface area contributed by atoms with E-state index in [-0.39, 0.29) is 43.4 Å². The largest absolute Gasteiger partial charge is 0.343 e. The molecule has 4 atom stereocenters. The molecule has 0 amide bonds. The molecular formula is C16H30BNY-2. The standard InChI is InChI=1S/C16H30BN.Y/c1-7-16(10-13(2)3)12-18(6)9-8-14(4)11-15(16,5)17;/h13-14H,1-2,7-12H2,3-6H3;/q-2;. The quantitative estimate of drug-likeness (QED) is 0.560. The predicted octanol–water partition coefficient (Wildman–Crippen LogP) is 3.76. The van der Waals surface area contributed by atoms with Crippen molar-refractivity contribution in [3.8, 4) is 0 Å². The zero-order chi connectivity index (χ0) is 14.0. The van der Waals surface area contributed by atoms with Crippen LogP contribution in [-0.4, -0.2) is 32.9 Å². The zero-order valence-corrected chi connectivity index (χ0v) is 16.3. The molecule has 0 aliphatic carbocycles. The molecule has 1 aliphatic rings. The fourth-order valence-corrected chi connectivity index (χ4v) is 3.69. The molecule has 1 nitrogen and oxygen atoms in total. The number of rotatable bonds is 3. The van der Waals surface area contributed by atoms with Crippen LogP contribution >= 0.6 is 0 Å². The zero-order valence-electron chi connectivity index (χ0n) is 13.4. The maximum absolute atomic E-state index is 6.74. The predicted molar refractivity (Wildman–Crippen MR) is 81.6 cm³/mol. The molecule has 0 aromatic heterocycles. The summed E-state index contributed by atoms with van der Waals surface area (Å²) < 4.78 is 0. The van der Waals surface area contributed by atoms with Gasteiger partial charge in [-0.25, -0.2) is 0 Å². The van der Waals surface area contributed by atoms with Gasteiger partial charge in [0.1, 0.15) is 0 Å². The van der Waals surface area contributed by atoms with Crippen LogP contribution in [0.5, 0.6) is 0 Å². The number of nitrogens with zero attached hydrogens (tertiary/aromatic N) is 1.